The highest BCUT2D eigenvalue weighted by Crippen LogP contribution is 2.10. The second kappa shape index (κ2) is 5.77. The molecule has 1 rings (SSSR count). The Balaban J connectivity index is 2.68. The van der Waals surface area contributed by atoms with E-state index in [4.69, 9.17) is 9.84 Å². The van der Waals surface area contributed by atoms with Crippen molar-refractivity contribution in [2.24, 2.45) is 5.92 Å². The summed E-state index contributed by atoms with van der Waals surface area (Å²) >= 11 is 0. The molecule has 1 fully saturated rings. The molecular weight excluding hydrogens is 254 g/mol. The van der Waals surface area contributed by atoms with E-state index in [-0.39, 0.29) is 13.1 Å². The zero-order chi connectivity index (χ0) is 14.6. The number of carbonyl (C=O) groups excluding carboxylic acids is 2. The quantitative estimate of drug-likeness (QED) is 0.560. The van der Waals surface area contributed by atoms with Gasteiger partial charge in [0.1, 0.15) is 5.60 Å². The number of hydrogen-bond acceptors (Lipinski definition) is 4. The van der Waals surface area contributed by atoms with Crippen molar-refractivity contribution in [3.05, 3.63) is 0 Å². The van der Waals surface area contributed by atoms with E-state index in [1.54, 1.807) is 20.8 Å². The van der Waals surface area contributed by atoms with Gasteiger partial charge in [-0.25, -0.2) is 9.59 Å². The Labute approximate surface area is 110 Å². The van der Waals surface area contributed by atoms with Crippen LogP contribution in [0.2, 0.25) is 0 Å². The first-order valence-electron chi connectivity index (χ1n) is 5.93. The number of carboxylic acid groups (broad SMARTS) is 1. The third-order valence-electron chi connectivity index (χ3n) is 2.47. The number of urea groups is 1. The van der Waals surface area contributed by atoms with Gasteiger partial charge < -0.3 is 25.8 Å². The number of rotatable bonds is 2. The Kier molecular flexibility index (Phi) is 4.57. The maximum absolute atomic E-state index is 11.6. The third-order valence-corrected chi connectivity index (χ3v) is 2.47. The van der Waals surface area contributed by atoms with Gasteiger partial charge >= 0.3 is 18.1 Å². The zero-order valence-corrected chi connectivity index (χ0v) is 11.1. The number of nitrogens with one attached hydrogen (secondary N) is 3. The maximum atomic E-state index is 11.6. The van der Waals surface area contributed by atoms with Crippen LogP contribution in [0.25, 0.3) is 0 Å². The van der Waals surface area contributed by atoms with Crippen LogP contribution in [0.5, 0.6) is 0 Å². The smallest absolute Gasteiger partial charge is 0.407 e. The lowest BCUT2D eigenvalue weighted by molar-refractivity contribution is -0.142. The molecule has 8 heteroatoms. The minimum Gasteiger partial charge on any atom is -0.481 e. The summed E-state index contributed by atoms with van der Waals surface area (Å²) in [5.74, 6) is -2.00. The van der Waals surface area contributed by atoms with Crippen LogP contribution in [-0.4, -0.2) is 47.9 Å². The van der Waals surface area contributed by atoms with Gasteiger partial charge in [-0.1, -0.05) is 0 Å². The van der Waals surface area contributed by atoms with E-state index in [0.29, 0.717) is 0 Å². The van der Waals surface area contributed by atoms with E-state index in [2.05, 4.69) is 16.0 Å². The fourth-order valence-electron chi connectivity index (χ4n) is 1.62. The molecule has 2 atom stereocenters. The highest BCUT2D eigenvalue weighted by molar-refractivity contribution is 5.78. The predicted octanol–water partition coefficient (Wildman–Crippen LogP) is -0.107. The maximum Gasteiger partial charge on any atom is 0.407 e. The molecule has 0 aliphatic carbocycles. The van der Waals surface area contributed by atoms with Gasteiger partial charge in [0.15, 0.2) is 0 Å². The highest BCUT2D eigenvalue weighted by atomic mass is 16.6. The fraction of sp³-hybridized carbons (Fsp3) is 0.727. The van der Waals surface area contributed by atoms with Gasteiger partial charge in [-0.05, 0) is 20.8 Å². The molecule has 0 spiro atoms. The van der Waals surface area contributed by atoms with Crippen molar-refractivity contribution in [1.29, 1.82) is 0 Å². The summed E-state index contributed by atoms with van der Waals surface area (Å²) in [7, 11) is 0. The van der Waals surface area contributed by atoms with Crippen molar-refractivity contribution >= 4 is 18.1 Å². The molecule has 1 aliphatic heterocycles. The molecule has 19 heavy (non-hydrogen) atoms. The Bertz CT molecular complexity index is 377. The zero-order valence-electron chi connectivity index (χ0n) is 11.1. The van der Waals surface area contributed by atoms with Crippen molar-refractivity contribution < 1.29 is 24.2 Å². The number of aliphatic carboxylic acids is 1. The molecule has 3 amide bonds. The summed E-state index contributed by atoms with van der Waals surface area (Å²) in [6, 6.07) is -1.19. The van der Waals surface area contributed by atoms with Crippen molar-refractivity contribution in [3.63, 3.8) is 0 Å². The summed E-state index contributed by atoms with van der Waals surface area (Å²) in [6.45, 7) is 5.09. The lowest BCUT2D eigenvalue weighted by Gasteiger charge is -2.25. The Hall–Kier alpha value is -1.99. The number of amides is 3. The van der Waals surface area contributed by atoms with Gasteiger partial charge in [-0.15, -0.1) is 0 Å². The van der Waals surface area contributed by atoms with Crippen molar-refractivity contribution in [1.82, 2.24) is 16.0 Å². The predicted molar refractivity (Wildman–Crippen MR) is 65.7 cm³/mol. The molecule has 0 aromatic rings. The first kappa shape index (κ1) is 15.1. The molecule has 4 N–H and O–H groups in total. The van der Waals surface area contributed by atoms with E-state index < -0.39 is 35.7 Å². The summed E-state index contributed by atoms with van der Waals surface area (Å²) in [4.78, 5) is 33.9. The molecule has 1 aliphatic rings. The molecule has 108 valence electrons. The molecule has 0 bridgehead atoms. The van der Waals surface area contributed by atoms with Gasteiger partial charge in [-0.3, -0.25) is 4.79 Å². The Morgan fingerprint density at radius 3 is 2.42 bits per heavy atom. The fourth-order valence-corrected chi connectivity index (χ4v) is 1.62. The Morgan fingerprint density at radius 1 is 1.32 bits per heavy atom. The topological polar surface area (TPSA) is 117 Å². The van der Waals surface area contributed by atoms with Crippen molar-refractivity contribution in [3.8, 4) is 0 Å². The number of ether oxygens (including phenoxy) is 1. The molecule has 0 aromatic heterocycles. The van der Waals surface area contributed by atoms with Gasteiger partial charge in [0, 0.05) is 13.1 Å². The SMILES string of the molecule is CC(C)(C)OC(=O)NC1CNC(=O)NCC1C(=O)O. The summed E-state index contributed by atoms with van der Waals surface area (Å²) < 4.78 is 5.06. The van der Waals surface area contributed by atoms with Crippen molar-refractivity contribution in [2.45, 2.75) is 32.4 Å². The van der Waals surface area contributed by atoms with Crippen LogP contribution in [0.1, 0.15) is 20.8 Å². The summed E-state index contributed by atoms with van der Waals surface area (Å²) in [6.07, 6.45) is -0.708. The minimum absolute atomic E-state index is 0.0298. The molecule has 8 nitrogen and oxygen atoms in total. The van der Waals surface area contributed by atoms with Crippen LogP contribution in [0.15, 0.2) is 0 Å². The van der Waals surface area contributed by atoms with Crippen LogP contribution in [0.4, 0.5) is 9.59 Å². The normalized spacial score (nSPS) is 23.6. The van der Waals surface area contributed by atoms with Crippen LogP contribution in [-0.2, 0) is 9.53 Å². The largest absolute Gasteiger partial charge is 0.481 e. The molecule has 2 unspecified atom stereocenters. The lowest BCUT2D eigenvalue weighted by atomic mass is 10.0. The minimum atomic E-state index is -1.09. The molecular formula is C11H19N3O5. The average molecular weight is 273 g/mol. The molecule has 1 saturated heterocycles. The van der Waals surface area contributed by atoms with Gasteiger partial charge in [0.05, 0.1) is 12.0 Å². The summed E-state index contributed by atoms with van der Waals surface area (Å²) in [5, 5.41) is 16.4. The van der Waals surface area contributed by atoms with Crippen LogP contribution in [0, 0.1) is 5.92 Å². The molecule has 0 radical (unpaired) electrons. The first-order valence-corrected chi connectivity index (χ1v) is 5.93. The highest BCUT2D eigenvalue weighted by Gasteiger charge is 2.33. The number of carboxylic acids is 1. The van der Waals surface area contributed by atoms with E-state index in [1.165, 1.54) is 0 Å². The van der Waals surface area contributed by atoms with Gasteiger partial charge in [-0.2, -0.15) is 0 Å². The molecule has 1 heterocycles. The second-order valence-electron chi connectivity index (χ2n) is 5.29. The Morgan fingerprint density at radius 2 is 1.89 bits per heavy atom. The van der Waals surface area contributed by atoms with Crippen LogP contribution >= 0.6 is 0 Å². The van der Waals surface area contributed by atoms with Crippen LogP contribution in [0.3, 0.4) is 0 Å². The van der Waals surface area contributed by atoms with Gasteiger partial charge in [0.25, 0.3) is 0 Å². The number of alkyl carbamates (subject to hydrolysis) is 1. The van der Waals surface area contributed by atoms with E-state index in [9.17, 15) is 14.4 Å². The standard InChI is InChI=1S/C11H19N3O5/c1-11(2,3)19-10(18)14-7-5-13-9(17)12-4-6(7)8(15)16/h6-7H,4-5H2,1-3H3,(H,14,18)(H,15,16)(H2,12,13,17). The molecule has 0 saturated carbocycles. The number of carbonyl (C=O) groups is 3. The second-order valence-corrected chi connectivity index (χ2v) is 5.29. The van der Waals surface area contributed by atoms with Gasteiger partial charge in [0.2, 0.25) is 0 Å². The third kappa shape index (κ3) is 5.02. The molecule has 0 aromatic carbocycles. The lowest BCUT2D eigenvalue weighted by Crippen LogP contribution is -2.50. The monoisotopic (exact) mass is 273 g/mol. The summed E-state index contributed by atoms with van der Waals surface area (Å²) in [5.41, 5.74) is -0.672. The average Bonchev–Trinajstić information content (AvgIpc) is 2.38. The van der Waals surface area contributed by atoms with Crippen LogP contribution < -0.4 is 16.0 Å². The number of hydrogen-bond donors (Lipinski definition) is 4. The van der Waals surface area contributed by atoms with Crippen molar-refractivity contribution in [2.75, 3.05) is 13.1 Å². The van der Waals surface area contributed by atoms with E-state index >= 15 is 0 Å². The first-order chi connectivity index (χ1) is 8.69. The van der Waals surface area contributed by atoms with E-state index in [0.717, 1.165) is 0 Å². The van der Waals surface area contributed by atoms with E-state index in [1.807, 2.05) is 0 Å².